The van der Waals surface area contributed by atoms with Crippen molar-refractivity contribution in [2.45, 2.75) is 83.5 Å². The largest absolute Gasteiger partial charge is 0.457 e. The van der Waals surface area contributed by atoms with Crippen LogP contribution in [0.3, 0.4) is 0 Å². The van der Waals surface area contributed by atoms with E-state index in [9.17, 15) is 4.79 Å². The number of carbonyl (C=O) groups is 1. The van der Waals surface area contributed by atoms with Crippen molar-refractivity contribution >= 4 is 5.97 Å². The van der Waals surface area contributed by atoms with Crippen molar-refractivity contribution in [3.8, 4) is 0 Å². The maximum absolute atomic E-state index is 12.0. The fourth-order valence-electron chi connectivity index (χ4n) is 3.53. The summed E-state index contributed by atoms with van der Waals surface area (Å²) in [6.07, 6.45) is 27.1. The summed E-state index contributed by atoms with van der Waals surface area (Å²) in [5.74, 6) is -0.189. The highest BCUT2D eigenvalue weighted by atomic mass is 16.7. The van der Waals surface area contributed by atoms with E-state index in [4.69, 9.17) is 14.2 Å². The van der Waals surface area contributed by atoms with Crippen LogP contribution in [-0.4, -0.2) is 25.3 Å². The van der Waals surface area contributed by atoms with Gasteiger partial charge in [-0.3, -0.25) is 4.79 Å². The summed E-state index contributed by atoms with van der Waals surface area (Å²) >= 11 is 0. The molecular formula is C30H42O4. The molecule has 186 valence electrons. The van der Waals surface area contributed by atoms with Crippen LogP contribution in [0.4, 0.5) is 0 Å². The molecule has 0 amide bonds. The van der Waals surface area contributed by atoms with E-state index in [1.807, 2.05) is 30.3 Å². The van der Waals surface area contributed by atoms with Gasteiger partial charge < -0.3 is 14.2 Å². The lowest BCUT2D eigenvalue weighted by Crippen LogP contribution is -2.35. The first-order valence-electron chi connectivity index (χ1n) is 12.9. The van der Waals surface area contributed by atoms with Gasteiger partial charge in [0.15, 0.2) is 6.29 Å². The first kappa shape index (κ1) is 27.8. The Morgan fingerprint density at radius 1 is 0.824 bits per heavy atom. The first-order chi connectivity index (χ1) is 16.8. The van der Waals surface area contributed by atoms with E-state index < -0.39 is 0 Å². The van der Waals surface area contributed by atoms with E-state index in [1.54, 1.807) is 0 Å². The molecule has 0 aliphatic carbocycles. The maximum atomic E-state index is 12.0. The molecule has 1 heterocycles. The summed E-state index contributed by atoms with van der Waals surface area (Å²) in [6.45, 7) is 2.96. The highest BCUT2D eigenvalue weighted by Crippen LogP contribution is 2.23. The number of hydrogen-bond donors (Lipinski definition) is 0. The van der Waals surface area contributed by atoms with Crippen molar-refractivity contribution in [3.63, 3.8) is 0 Å². The van der Waals surface area contributed by atoms with Gasteiger partial charge in [0.05, 0.1) is 13.2 Å². The van der Waals surface area contributed by atoms with E-state index in [0.717, 1.165) is 37.7 Å². The van der Waals surface area contributed by atoms with Crippen molar-refractivity contribution in [2.75, 3.05) is 13.2 Å². The fourth-order valence-corrected chi connectivity index (χ4v) is 3.53. The van der Waals surface area contributed by atoms with Gasteiger partial charge in [-0.1, -0.05) is 98.7 Å². The number of carbonyl (C=O) groups excluding carboxylic acids is 1. The van der Waals surface area contributed by atoms with E-state index >= 15 is 0 Å². The Kier molecular flexibility index (Phi) is 15.5. The molecule has 1 aliphatic heterocycles. The molecule has 2 rings (SSSR count). The Morgan fingerprint density at radius 2 is 1.38 bits per heavy atom. The van der Waals surface area contributed by atoms with Gasteiger partial charge in [-0.15, -0.1) is 0 Å². The minimum atomic E-state index is -0.381. The second kappa shape index (κ2) is 18.9. The van der Waals surface area contributed by atoms with Gasteiger partial charge in [0.1, 0.15) is 6.10 Å². The van der Waals surface area contributed by atoms with Gasteiger partial charge in [-0.2, -0.15) is 0 Å². The molecule has 1 aromatic carbocycles. The Hall–Kier alpha value is -2.43. The van der Waals surface area contributed by atoms with Crippen LogP contribution >= 0.6 is 0 Å². The molecule has 1 saturated heterocycles. The molecule has 0 atom stereocenters. The van der Waals surface area contributed by atoms with Crippen LogP contribution in [0.2, 0.25) is 0 Å². The third-order valence-corrected chi connectivity index (χ3v) is 5.45. The van der Waals surface area contributed by atoms with Crippen molar-refractivity contribution < 1.29 is 19.0 Å². The Bertz CT molecular complexity index is 755. The van der Waals surface area contributed by atoms with Crippen LogP contribution in [0.1, 0.15) is 83.0 Å². The fraction of sp³-hybridized carbons (Fsp3) is 0.500. The third kappa shape index (κ3) is 13.3. The third-order valence-electron chi connectivity index (χ3n) is 5.45. The molecule has 1 aromatic rings. The number of benzene rings is 1. The zero-order chi connectivity index (χ0) is 24.1. The molecule has 34 heavy (non-hydrogen) atoms. The normalized spacial score (nSPS) is 19.1. The lowest BCUT2D eigenvalue weighted by Gasteiger charge is -2.29. The Balaban J connectivity index is 1.43. The van der Waals surface area contributed by atoms with Gasteiger partial charge in [-0.05, 0) is 44.9 Å². The standard InChI is InChI=1S/C30H42O4/c1-2-3-4-5-6-7-8-9-10-11-12-13-14-15-16-17-21-24-29(31)34-28-25-32-30(33-26-28)27-22-19-18-20-23-27/h6-7,9-10,12-13,15-16,18-20,22-23,28,30H,2-5,8,11,14,17,21,24-26H2,1H3/b7-6-,10-9-,13-12-,16-15-. The van der Waals surface area contributed by atoms with E-state index in [-0.39, 0.29) is 18.4 Å². The maximum Gasteiger partial charge on any atom is 0.306 e. The summed E-state index contributed by atoms with van der Waals surface area (Å²) in [5, 5.41) is 0. The van der Waals surface area contributed by atoms with E-state index in [0.29, 0.717) is 19.6 Å². The topological polar surface area (TPSA) is 44.8 Å². The lowest BCUT2D eigenvalue weighted by molar-refractivity contribution is -0.229. The first-order valence-corrected chi connectivity index (χ1v) is 12.9. The number of hydrogen-bond acceptors (Lipinski definition) is 4. The number of ether oxygens (including phenoxy) is 3. The van der Waals surface area contributed by atoms with Crippen LogP contribution in [0.15, 0.2) is 78.9 Å². The minimum Gasteiger partial charge on any atom is -0.457 e. The summed E-state index contributed by atoms with van der Waals surface area (Å²) in [4.78, 5) is 12.0. The molecule has 0 radical (unpaired) electrons. The molecular weight excluding hydrogens is 424 g/mol. The SMILES string of the molecule is CCCCC/C=C\C/C=C\C/C=C\C/C=C\CCCC(=O)OC1COC(c2ccccc2)OC1. The van der Waals surface area contributed by atoms with Gasteiger partial charge >= 0.3 is 5.97 Å². The van der Waals surface area contributed by atoms with Crippen LogP contribution < -0.4 is 0 Å². The van der Waals surface area contributed by atoms with Gasteiger partial charge in [-0.25, -0.2) is 0 Å². The second-order valence-electron chi connectivity index (χ2n) is 8.50. The van der Waals surface area contributed by atoms with Crippen molar-refractivity contribution in [1.29, 1.82) is 0 Å². The number of rotatable bonds is 16. The molecule has 0 N–H and O–H groups in total. The molecule has 4 heteroatoms. The van der Waals surface area contributed by atoms with Crippen LogP contribution in [0, 0.1) is 0 Å². The monoisotopic (exact) mass is 466 g/mol. The molecule has 0 aromatic heterocycles. The van der Waals surface area contributed by atoms with Crippen LogP contribution in [0.5, 0.6) is 0 Å². The zero-order valence-corrected chi connectivity index (χ0v) is 20.8. The highest BCUT2D eigenvalue weighted by Gasteiger charge is 2.25. The molecule has 1 aliphatic rings. The van der Waals surface area contributed by atoms with Crippen LogP contribution in [-0.2, 0) is 19.0 Å². The molecule has 0 unspecified atom stereocenters. The smallest absolute Gasteiger partial charge is 0.306 e. The Morgan fingerprint density at radius 3 is 1.97 bits per heavy atom. The Labute approximate surface area is 206 Å². The van der Waals surface area contributed by atoms with Gasteiger partial charge in [0, 0.05) is 12.0 Å². The van der Waals surface area contributed by atoms with Crippen molar-refractivity contribution in [3.05, 3.63) is 84.5 Å². The zero-order valence-electron chi connectivity index (χ0n) is 20.8. The molecule has 1 fully saturated rings. The molecule has 0 spiro atoms. The van der Waals surface area contributed by atoms with Gasteiger partial charge in [0.25, 0.3) is 0 Å². The predicted octanol–water partition coefficient (Wildman–Crippen LogP) is 7.79. The molecule has 4 nitrogen and oxygen atoms in total. The molecule has 0 saturated carbocycles. The highest BCUT2D eigenvalue weighted by molar-refractivity contribution is 5.69. The summed E-state index contributed by atoms with van der Waals surface area (Å²) in [7, 11) is 0. The van der Waals surface area contributed by atoms with Crippen molar-refractivity contribution in [1.82, 2.24) is 0 Å². The second-order valence-corrected chi connectivity index (χ2v) is 8.50. The van der Waals surface area contributed by atoms with Crippen LogP contribution in [0.25, 0.3) is 0 Å². The average Bonchev–Trinajstić information content (AvgIpc) is 2.87. The summed E-state index contributed by atoms with van der Waals surface area (Å²) in [6, 6.07) is 9.79. The van der Waals surface area contributed by atoms with E-state index in [1.165, 1.54) is 25.7 Å². The molecule has 0 bridgehead atoms. The minimum absolute atomic E-state index is 0.189. The summed E-state index contributed by atoms with van der Waals surface area (Å²) in [5.41, 5.74) is 0.978. The predicted molar refractivity (Wildman–Crippen MR) is 139 cm³/mol. The lowest BCUT2D eigenvalue weighted by atomic mass is 10.2. The average molecular weight is 467 g/mol. The number of unbranched alkanes of at least 4 members (excludes halogenated alkanes) is 4. The van der Waals surface area contributed by atoms with Crippen molar-refractivity contribution in [2.24, 2.45) is 0 Å². The summed E-state index contributed by atoms with van der Waals surface area (Å²) < 4.78 is 16.9. The van der Waals surface area contributed by atoms with Gasteiger partial charge in [0.2, 0.25) is 0 Å². The number of allylic oxidation sites excluding steroid dienone is 8. The van der Waals surface area contributed by atoms with E-state index in [2.05, 4.69) is 55.5 Å². The quantitative estimate of drug-likeness (QED) is 0.142. The number of esters is 1.